The molecule has 0 aliphatic rings. The van der Waals surface area contributed by atoms with E-state index in [1.807, 2.05) is 0 Å². The first-order valence-electron chi connectivity index (χ1n) is 21.9. The third kappa shape index (κ3) is 12.8. The average Bonchev–Trinajstić information content (AvgIpc) is 2.96. The van der Waals surface area contributed by atoms with Crippen LogP contribution in [-0.4, -0.2) is 17.4 Å². The molecule has 58 heavy (non-hydrogen) atoms. The van der Waals surface area contributed by atoms with Gasteiger partial charge in [0.1, 0.15) is 0 Å². The first-order valence-corrected chi connectivity index (χ1v) is 37.0. The van der Waals surface area contributed by atoms with Gasteiger partial charge in [-0.15, -0.1) is 0 Å². The predicted molar refractivity (Wildman–Crippen MR) is 271 cm³/mol. The SMILES string of the molecule is CC(C)(C)c1cc(C(C)(C)C)c([S][Bi]([S]c2c(C(C)(C)C)cc(C(C)(C)C)cc2C(C)(C)C)[S]c2c(C(C)(C)C)cc(C(C)(C)C)cc2C(C)(C)C)c(C(C)(C)C)c1. The quantitative estimate of drug-likeness (QED) is 0.226. The third-order valence-electron chi connectivity index (χ3n) is 11.2. The van der Waals surface area contributed by atoms with Crippen molar-refractivity contribution in [2.45, 2.75) is 250 Å². The maximum absolute atomic E-state index is 2.90. The second-order valence-electron chi connectivity index (χ2n) is 26.4. The summed E-state index contributed by atoms with van der Waals surface area (Å²) in [4.78, 5) is 4.65. The summed E-state index contributed by atoms with van der Waals surface area (Å²) in [6.07, 6.45) is 0. The van der Waals surface area contributed by atoms with Gasteiger partial charge in [-0.2, -0.15) is 0 Å². The van der Waals surface area contributed by atoms with Crippen LogP contribution in [0.25, 0.3) is 0 Å². The summed E-state index contributed by atoms with van der Waals surface area (Å²) in [5.74, 6) is 0. The monoisotopic (exact) mass is 1040 g/mol. The van der Waals surface area contributed by atoms with Crippen LogP contribution in [0.5, 0.6) is 0 Å². The van der Waals surface area contributed by atoms with Crippen molar-refractivity contribution in [3.63, 3.8) is 0 Å². The first-order chi connectivity index (χ1) is 25.4. The summed E-state index contributed by atoms with van der Waals surface area (Å²) in [7, 11) is 6.99. The molecule has 0 saturated heterocycles. The van der Waals surface area contributed by atoms with Gasteiger partial charge >= 0.3 is 380 Å². The molecule has 0 saturated carbocycles. The third-order valence-corrected chi connectivity index (χ3v) is 36.9. The Hall–Kier alpha value is -0.407. The number of hydrogen-bond donors (Lipinski definition) is 0. The van der Waals surface area contributed by atoms with Crippen molar-refractivity contribution >= 4 is 42.9 Å². The van der Waals surface area contributed by atoms with Gasteiger partial charge in [0.05, 0.1) is 0 Å². The van der Waals surface area contributed by atoms with Crippen molar-refractivity contribution in [3.05, 3.63) is 86.5 Å². The van der Waals surface area contributed by atoms with Crippen LogP contribution in [0, 0.1) is 0 Å². The van der Waals surface area contributed by atoms with E-state index < -0.39 is 17.4 Å². The van der Waals surface area contributed by atoms with Crippen LogP contribution < -0.4 is 0 Å². The molecular formula is C54H87BiS3. The van der Waals surface area contributed by atoms with Crippen molar-refractivity contribution in [2.75, 3.05) is 0 Å². The van der Waals surface area contributed by atoms with Gasteiger partial charge in [-0.05, 0) is 0 Å². The van der Waals surface area contributed by atoms with Gasteiger partial charge in [0, 0.05) is 0 Å². The Balaban J connectivity index is 2.66. The number of hydrogen-bond acceptors (Lipinski definition) is 3. The second-order valence-corrected chi connectivity index (χ2v) is 52.0. The maximum atomic E-state index is 2.59. The zero-order valence-corrected chi connectivity index (χ0v) is 48.6. The molecule has 0 radical (unpaired) electrons. The van der Waals surface area contributed by atoms with E-state index in [1.54, 1.807) is 14.7 Å². The fourth-order valence-corrected chi connectivity index (χ4v) is 38.6. The molecule has 0 fully saturated rings. The molecule has 4 heteroatoms. The topological polar surface area (TPSA) is 0 Å². The van der Waals surface area contributed by atoms with Gasteiger partial charge in [-0.25, -0.2) is 0 Å². The Labute approximate surface area is 376 Å². The molecule has 0 aliphatic heterocycles. The van der Waals surface area contributed by atoms with Crippen molar-refractivity contribution in [1.82, 2.24) is 0 Å². The van der Waals surface area contributed by atoms with E-state index in [9.17, 15) is 0 Å². The standard InChI is InChI=1S/3C18H30S.Bi/c3*1-16(2,3)12-10-13(17(4,5)6)15(19)14(11-12)18(7,8)9;/h3*10-11,19H,1-9H3;/q;;;+3/p-3. The molecular weight excluding hydrogens is 954 g/mol. The molecule has 0 aromatic heterocycles. The van der Waals surface area contributed by atoms with Crippen molar-refractivity contribution < 1.29 is 0 Å². The van der Waals surface area contributed by atoms with E-state index in [2.05, 4.69) is 249 Å². The summed E-state index contributed by atoms with van der Waals surface area (Å²) < 4.78 is 0. The average molecular weight is 1040 g/mol. The minimum atomic E-state index is -2.90. The molecule has 326 valence electrons. The Morgan fingerprint density at radius 3 is 0.483 bits per heavy atom. The first kappa shape index (κ1) is 51.9. The Kier molecular flexibility index (Phi) is 15.2. The zero-order chi connectivity index (χ0) is 45.4. The normalized spacial score (nSPS) is 14.5. The van der Waals surface area contributed by atoms with Gasteiger partial charge in [0.2, 0.25) is 0 Å². The Morgan fingerprint density at radius 2 is 0.379 bits per heavy atom. The van der Waals surface area contributed by atoms with Crippen LogP contribution in [0.1, 0.15) is 237 Å². The summed E-state index contributed by atoms with van der Waals surface area (Å²) >= 11 is -2.90. The fourth-order valence-electron chi connectivity index (χ4n) is 7.10. The molecule has 0 atom stereocenters. The van der Waals surface area contributed by atoms with E-state index in [4.69, 9.17) is 0 Å². The number of rotatable bonds is 6. The van der Waals surface area contributed by atoms with Crippen molar-refractivity contribution in [1.29, 1.82) is 0 Å². The van der Waals surface area contributed by atoms with Crippen molar-refractivity contribution in [2.24, 2.45) is 0 Å². The van der Waals surface area contributed by atoms with Gasteiger partial charge < -0.3 is 0 Å². The van der Waals surface area contributed by atoms with Gasteiger partial charge in [0.15, 0.2) is 0 Å². The van der Waals surface area contributed by atoms with Crippen LogP contribution in [0.2, 0.25) is 0 Å². The molecule has 0 nitrogen and oxygen atoms in total. The molecule has 3 rings (SSSR count). The molecule has 0 bridgehead atoms. The summed E-state index contributed by atoms with van der Waals surface area (Å²) in [5, 5.41) is 0. The van der Waals surface area contributed by atoms with Gasteiger partial charge in [-0.1, -0.05) is 0 Å². The fraction of sp³-hybridized carbons (Fsp3) is 0.667. The van der Waals surface area contributed by atoms with E-state index in [1.165, 1.54) is 50.1 Å². The van der Waals surface area contributed by atoms with Crippen LogP contribution in [0.3, 0.4) is 0 Å². The molecule has 0 heterocycles. The Bertz CT molecular complexity index is 1600. The van der Waals surface area contributed by atoms with E-state index >= 15 is 0 Å². The van der Waals surface area contributed by atoms with Crippen LogP contribution in [0.15, 0.2) is 51.1 Å². The minimum absolute atomic E-state index is 0.00265. The molecule has 0 spiro atoms. The summed E-state index contributed by atoms with van der Waals surface area (Å²) in [6.45, 7) is 65.4. The van der Waals surface area contributed by atoms with Crippen LogP contribution >= 0.6 is 25.6 Å². The van der Waals surface area contributed by atoms with Gasteiger partial charge in [-0.3, -0.25) is 0 Å². The Morgan fingerprint density at radius 1 is 0.241 bits per heavy atom. The van der Waals surface area contributed by atoms with Crippen LogP contribution in [-0.2, 0) is 48.7 Å². The summed E-state index contributed by atoms with van der Waals surface area (Å²) in [5.41, 5.74) is 13.6. The zero-order valence-electron chi connectivity index (χ0n) is 42.6. The van der Waals surface area contributed by atoms with E-state index in [-0.39, 0.29) is 48.7 Å². The molecule has 0 aliphatic carbocycles. The second kappa shape index (κ2) is 16.9. The predicted octanol–water partition coefficient (Wildman–Crippen LogP) is 18.0. The molecule has 0 amide bonds. The number of benzene rings is 3. The van der Waals surface area contributed by atoms with Crippen LogP contribution in [0.4, 0.5) is 0 Å². The summed E-state index contributed by atoms with van der Waals surface area (Å²) in [6, 6.07) is 15.5. The van der Waals surface area contributed by atoms with E-state index in [0.717, 1.165) is 0 Å². The molecule has 0 N–H and O–H groups in total. The van der Waals surface area contributed by atoms with E-state index in [0.29, 0.717) is 0 Å². The molecule has 3 aromatic rings. The molecule has 3 aromatic carbocycles. The van der Waals surface area contributed by atoms with Gasteiger partial charge in [0.25, 0.3) is 0 Å². The van der Waals surface area contributed by atoms with Crippen molar-refractivity contribution in [3.8, 4) is 0 Å². The molecule has 0 unspecified atom stereocenters.